The van der Waals surface area contributed by atoms with Gasteiger partial charge in [0.25, 0.3) is 0 Å². The lowest BCUT2D eigenvalue weighted by Gasteiger charge is -2.17. The van der Waals surface area contributed by atoms with E-state index in [0.717, 1.165) is 99.7 Å². The number of para-hydroxylation sites is 3. The smallest absolute Gasteiger partial charge is 0.187 e. The molecule has 0 atom stereocenters. The lowest BCUT2D eigenvalue weighted by molar-refractivity contribution is 1.06. The molecule has 7 nitrogen and oxygen atoms in total. The molecular weight excluding hydrogens is 879 g/mol. The molecule has 3 heterocycles. The summed E-state index contributed by atoms with van der Waals surface area (Å²) in [6.07, 6.45) is 0. The van der Waals surface area contributed by atoms with E-state index in [9.17, 15) is 5.26 Å². The van der Waals surface area contributed by atoms with Gasteiger partial charge in [-0.15, -0.1) is 0 Å². The third-order valence-electron chi connectivity index (χ3n) is 13.6. The fraction of sp³-hybridized carbons (Fsp3) is 0. The van der Waals surface area contributed by atoms with Gasteiger partial charge >= 0.3 is 0 Å². The van der Waals surface area contributed by atoms with Crippen LogP contribution in [0.15, 0.2) is 237 Å². The minimum Gasteiger partial charge on any atom is -0.309 e. The van der Waals surface area contributed by atoms with Crippen LogP contribution in [-0.4, -0.2) is 24.1 Å². The second kappa shape index (κ2) is 17.4. The Morgan fingerprint density at radius 2 is 0.889 bits per heavy atom. The van der Waals surface area contributed by atoms with E-state index in [1.165, 1.54) is 5.39 Å². The van der Waals surface area contributed by atoms with Crippen molar-refractivity contribution >= 4 is 49.3 Å². The summed E-state index contributed by atoms with van der Waals surface area (Å²) >= 11 is 0. The van der Waals surface area contributed by atoms with Crippen molar-refractivity contribution in [2.75, 3.05) is 0 Å². The lowest BCUT2D eigenvalue weighted by Crippen LogP contribution is -2.04. The molecule has 13 aromatic rings. The zero-order valence-corrected chi connectivity index (χ0v) is 38.6. The van der Waals surface area contributed by atoms with Crippen LogP contribution in [0.4, 0.5) is 5.69 Å². The van der Waals surface area contributed by atoms with Crippen molar-refractivity contribution in [2.24, 2.45) is 0 Å². The third-order valence-corrected chi connectivity index (χ3v) is 13.6. The zero-order chi connectivity index (χ0) is 48.1. The van der Waals surface area contributed by atoms with Crippen molar-refractivity contribution in [2.45, 2.75) is 0 Å². The molecule has 0 N–H and O–H groups in total. The molecule has 0 bridgehead atoms. The highest BCUT2D eigenvalue weighted by Gasteiger charge is 2.23. The first-order valence-electron chi connectivity index (χ1n) is 23.8. The zero-order valence-electron chi connectivity index (χ0n) is 38.6. The predicted molar refractivity (Wildman–Crippen MR) is 292 cm³/mol. The molecule has 0 aliphatic rings. The van der Waals surface area contributed by atoms with Gasteiger partial charge in [0.2, 0.25) is 0 Å². The number of nitrogens with zero attached hydrogens (tertiary/aromatic N) is 7. The van der Waals surface area contributed by atoms with Gasteiger partial charge in [-0.3, -0.25) is 0 Å². The van der Waals surface area contributed by atoms with Crippen LogP contribution in [0.3, 0.4) is 0 Å². The highest BCUT2D eigenvalue weighted by molar-refractivity contribution is 6.15. The van der Waals surface area contributed by atoms with Crippen molar-refractivity contribution < 1.29 is 0 Å². The molecule has 7 heteroatoms. The fourth-order valence-corrected chi connectivity index (χ4v) is 10.2. The molecule has 10 aromatic carbocycles. The number of benzene rings is 10. The van der Waals surface area contributed by atoms with Crippen LogP contribution < -0.4 is 0 Å². The van der Waals surface area contributed by atoms with Crippen LogP contribution in [0.2, 0.25) is 0 Å². The number of hydrogen-bond acceptors (Lipinski definition) is 4. The van der Waals surface area contributed by atoms with Gasteiger partial charge < -0.3 is 9.13 Å². The van der Waals surface area contributed by atoms with Gasteiger partial charge in [-0.25, -0.2) is 19.8 Å². The number of fused-ring (bicyclic) bond motifs is 6. The Balaban J connectivity index is 1.11. The largest absolute Gasteiger partial charge is 0.309 e. The van der Waals surface area contributed by atoms with E-state index in [0.29, 0.717) is 28.7 Å². The Kier molecular flexibility index (Phi) is 10.1. The molecule has 0 saturated heterocycles. The average molecular weight is 918 g/mol. The molecule has 334 valence electrons. The minimum atomic E-state index is 0.538. The first-order valence-corrected chi connectivity index (χ1v) is 23.8. The minimum absolute atomic E-state index is 0.538. The average Bonchev–Trinajstić information content (AvgIpc) is 3.98. The summed E-state index contributed by atoms with van der Waals surface area (Å²) in [5.41, 5.74) is 16.2. The van der Waals surface area contributed by atoms with Crippen LogP contribution in [0.5, 0.6) is 0 Å². The van der Waals surface area contributed by atoms with Gasteiger partial charge in [-0.05, 0) is 94.5 Å². The predicted octanol–water partition coefficient (Wildman–Crippen LogP) is 16.5. The summed E-state index contributed by atoms with van der Waals surface area (Å²) in [6.45, 7) is 7.56. The summed E-state index contributed by atoms with van der Waals surface area (Å²) in [7, 11) is 0. The summed E-state index contributed by atoms with van der Waals surface area (Å²) < 4.78 is 4.72. The summed E-state index contributed by atoms with van der Waals surface area (Å²) in [4.78, 5) is 19.5. The first kappa shape index (κ1) is 41.9. The van der Waals surface area contributed by atoms with Gasteiger partial charge in [0.1, 0.15) is 0 Å². The third kappa shape index (κ3) is 7.17. The number of hydrogen-bond donors (Lipinski definition) is 0. The summed E-state index contributed by atoms with van der Waals surface area (Å²) in [6, 6.07) is 83.7. The number of nitriles is 1. The maximum absolute atomic E-state index is 9.61. The quantitative estimate of drug-likeness (QED) is 0.142. The molecule has 0 aliphatic heterocycles. The van der Waals surface area contributed by atoms with Crippen LogP contribution >= 0.6 is 0 Å². The normalized spacial score (nSPS) is 11.3. The number of aromatic nitrogens is 5. The molecule has 0 fully saturated rings. The molecule has 0 amide bonds. The van der Waals surface area contributed by atoms with Crippen LogP contribution in [0.25, 0.3) is 127 Å². The van der Waals surface area contributed by atoms with Crippen molar-refractivity contribution in [3.8, 4) is 85.0 Å². The first-order chi connectivity index (χ1) is 35.6. The number of rotatable bonds is 8. The monoisotopic (exact) mass is 917 g/mol. The summed E-state index contributed by atoms with van der Waals surface area (Å²) in [5.74, 6) is 1.69. The molecule has 3 aromatic heterocycles. The Bertz CT molecular complexity index is 4140. The molecule has 0 aliphatic carbocycles. The molecule has 0 unspecified atom stereocenters. The second-order valence-corrected chi connectivity index (χ2v) is 17.8. The fourth-order valence-electron chi connectivity index (χ4n) is 10.2. The van der Waals surface area contributed by atoms with Gasteiger partial charge in [-0.1, -0.05) is 170 Å². The Morgan fingerprint density at radius 3 is 1.50 bits per heavy atom. The van der Waals surface area contributed by atoms with Crippen molar-refractivity contribution in [1.82, 2.24) is 24.1 Å². The molecule has 0 saturated carbocycles. The van der Waals surface area contributed by atoms with Gasteiger partial charge in [0.05, 0.1) is 46.0 Å². The van der Waals surface area contributed by atoms with E-state index in [1.54, 1.807) is 0 Å². The van der Waals surface area contributed by atoms with E-state index >= 15 is 0 Å². The maximum atomic E-state index is 9.61. The molecule has 13 rings (SSSR count). The second-order valence-electron chi connectivity index (χ2n) is 17.8. The summed E-state index contributed by atoms with van der Waals surface area (Å²) in [5, 5.41) is 14.1. The lowest BCUT2D eigenvalue weighted by atomic mass is 9.98. The molecule has 0 spiro atoms. The van der Waals surface area contributed by atoms with E-state index in [4.69, 9.17) is 21.5 Å². The van der Waals surface area contributed by atoms with E-state index < -0.39 is 0 Å². The Labute approximate surface area is 415 Å². The van der Waals surface area contributed by atoms with Crippen LogP contribution in [0, 0.1) is 17.9 Å². The van der Waals surface area contributed by atoms with Gasteiger partial charge in [0, 0.05) is 49.5 Å². The van der Waals surface area contributed by atoms with Crippen molar-refractivity contribution in [3.63, 3.8) is 0 Å². The van der Waals surface area contributed by atoms with E-state index in [-0.39, 0.29) is 0 Å². The van der Waals surface area contributed by atoms with E-state index in [1.807, 2.05) is 109 Å². The molecule has 0 radical (unpaired) electrons. The molecular formula is C65H39N7. The van der Waals surface area contributed by atoms with Crippen LogP contribution in [-0.2, 0) is 0 Å². The van der Waals surface area contributed by atoms with Gasteiger partial charge in [0.15, 0.2) is 23.2 Å². The highest BCUT2D eigenvalue weighted by Crippen LogP contribution is 2.43. The van der Waals surface area contributed by atoms with Crippen LogP contribution in [0.1, 0.15) is 5.56 Å². The molecule has 72 heavy (non-hydrogen) atoms. The topological polar surface area (TPSA) is 76.7 Å². The van der Waals surface area contributed by atoms with Crippen molar-refractivity contribution in [3.05, 3.63) is 254 Å². The highest BCUT2D eigenvalue weighted by atomic mass is 15.1. The van der Waals surface area contributed by atoms with Crippen molar-refractivity contribution in [1.29, 1.82) is 5.26 Å². The Hall–Kier alpha value is -10.2. The standard InChI is InChI=1S/C65H39N7/c1-67-50-33-28-44(29-34-50)48-31-36-60-56(39-48)55-38-47(43-26-24-42(41-66)25-27-43)30-35-59(55)72(60)61-37-32-49(52-21-13-22-54-53-20-11-12-23-58(53)71(62(52)54)51-18-9-4-10-19-51)40-57(61)65-69-63(45-14-5-2-6-15-45)68-64(70-65)46-16-7-3-8-17-46/h2-40H. The van der Waals surface area contributed by atoms with Gasteiger partial charge in [-0.2, -0.15) is 5.26 Å². The maximum Gasteiger partial charge on any atom is 0.187 e. The SMILES string of the molecule is [C-]#[N+]c1ccc(-c2ccc3c(c2)c2cc(-c4ccc(C#N)cc4)ccc2n3-c2ccc(-c3cccc4c5ccccc5n(-c5ccccc5)c34)cc2-c2nc(-c3ccccc3)nc(-c3ccccc3)n2)cc1. The Morgan fingerprint density at radius 1 is 0.375 bits per heavy atom. The van der Waals surface area contributed by atoms with E-state index in [2.05, 4.69) is 147 Å².